The number of nitrogens with zero attached hydrogens (tertiary/aromatic N) is 1. The number of para-hydroxylation sites is 1. The van der Waals surface area contributed by atoms with E-state index >= 15 is 0 Å². The van der Waals surface area contributed by atoms with Crippen LogP contribution in [0.15, 0.2) is 83.0 Å². The fraction of sp³-hybridized carbons (Fsp3) is 0.0417. The topological polar surface area (TPSA) is 96.1 Å². The van der Waals surface area contributed by atoms with Gasteiger partial charge in [0.1, 0.15) is 17.4 Å². The SMILES string of the molecule is N#C/C(=C\c1ccco1)C(=O)OCC(=O)c1c(-c2ccccc2)[nH]c2ccccc12. The van der Waals surface area contributed by atoms with Crippen LogP contribution in [0.3, 0.4) is 0 Å². The Morgan fingerprint density at radius 1 is 1.03 bits per heavy atom. The van der Waals surface area contributed by atoms with Crippen LogP contribution in [0.4, 0.5) is 0 Å². The number of carbonyl (C=O) groups excluding carboxylic acids is 2. The summed E-state index contributed by atoms with van der Waals surface area (Å²) in [5, 5.41) is 9.97. The van der Waals surface area contributed by atoms with Crippen LogP contribution in [0.5, 0.6) is 0 Å². The number of H-pyrrole nitrogens is 1. The molecule has 2 aromatic heterocycles. The molecule has 0 aliphatic rings. The van der Waals surface area contributed by atoms with Gasteiger partial charge in [-0.2, -0.15) is 5.26 Å². The van der Waals surface area contributed by atoms with Gasteiger partial charge in [0, 0.05) is 17.0 Å². The largest absolute Gasteiger partial charge is 0.465 e. The number of aromatic amines is 1. The van der Waals surface area contributed by atoms with Crippen molar-refractivity contribution in [2.24, 2.45) is 0 Å². The number of fused-ring (bicyclic) bond motifs is 1. The number of Topliss-reactive ketones (excluding diaryl/α,β-unsaturated/α-hetero) is 1. The van der Waals surface area contributed by atoms with E-state index in [2.05, 4.69) is 4.98 Å². The second kappa shape index (κ2) is 8.33. The molecule has 0 amide bonds. The van der Waals surface area contributed by atoms with Crippen LogP contribution in [0.2, 0.25) is 0 Å². The number of aromatic nitrogens is 1. The first-order chi connectivity index (χ1) is 14.7. The molecule has 146 valence electrons. The van der Waals surface area contributed by atoms with E-state index in [0.717, 1.165) is 16.5 Å². The van der Waals surface area contributed by atoms with Gasteiger partial charge in [-0.1, -0.05) is 48.5 Å². The number of hydrogen-bond acceptors (Lipinski definition) is 5. The van der Waals surface area contributed by atoms with Gasteiger partial charge < -0.3 is 14.1 Å². The fourth-order valence-electron chi connectivity index (χ4n) is 3.19. The molecule has 2 aromatic carbocycles. The predicted molar refractivity (Wildman–Crippen MR) is 111 cm³/mol. The fourth-order valence-corrected chi connectivity index (χ4v) is 3.19. The number of rotatable bonds is 6. The lowest BCUT2D eigenvalue weighted by Gasteiger charge is -2.06. The molecule has 0 aliphatic heterocycles. The molecular weight excluding hydrogens is 380 g/mol. The highest BCUT2D eigenvalue weighted by Gasteiger charge is 2.21. The molecule has 0 saturated heterocycles. The summed E-state index contributed by atoms with van der Waals surface area (Å²) in [4.78, 5) is 28.6. The molecule has 6 nitrogen and oxygen atoms in total. The predicted octanol–water partition coefficient (Wildman–Crippen LogP) is 4.76. The van der Waals surface area contributed by atoms with Crippen LogP contribution in [0.25, 0.3) is 28.2 Å². The van der Waals surface area contributed by atoms with Crippen molar-refractivity contribution < 1.29 is 18.7 Å². The van der Waals surface area contributed by atoms with Gasteiger partial charge in [0.15, 0.2) is 6.61 Å². The van der Waals surface area contributed by atoms with Gasteiger partial charge in [-0.05, 0) is 23.8 Å². The molecule has 0 bridgehead atoms. The quantitative estimate of drug-likeness (QED) is 0.219. The van der Waals surface area contributed by atoms with Gasteiger partial charge >= 0.3 is 5.97 Å². The molecule has 2 heterocycles. The summed E-state index contributed by atoms with van der Waals surface area (Å²) < 4.78 is 10.2. The van der Waals surface area contributed by atoms with Crippen molar-refractivity contribution in [1.82, 2.24) is 4.98 Å². The summed E-state index contributed by atoms with van der Waals surface area (Å²) in [7, 11) is 0. The second-order valence-electron chi connectivity index (χ2n) is 6.47. The Morgan fingerprint density at radius 3 is 2.53 bits per heavy atom. The maximum atomic E-state index is 13.0. The van der Waals surface area contributed by atoms with Gasteiger partial charge in [0.05, 0.1) is 17.5 Å². The van der Waals surface area contributed by atoms with Gasteiger partial charge in [0.2, 0.25) is 5.78 Å². The minimum absolute atomic E-state index is 0.250. The van der Waals surface area contributed by atoms with E-state index in [9.17, 15) is 14.9 Å². The van der Waals surface area contributed by atoms with E-state index in [1.807, 2.05) is 54.6 Å². The van der Waals surface area contributed by atoms with Crippen LogP contribution in [0, 0.1) is 11.3 Å². The van der Waals surface area contributed by atoms with Gasteiger partial charge in [-0.3, -0.25) is 4.79 Å². The van der Waals surface area contributed by atoms with E-state index in [4.69, 9.17) is 9.15 Å². The standard InChI is InChI=1S/C24H16N2O4/c25-14-17(13-18-9-6-12-29-18)24(28)30-15-21(27)22-19-10-4-5-11-20(19)26-23(22)16-7-2-1-3-8-16/h1-13,26H,15H2/b17-13+. The highest BCUT2D eigenvalue weighted by atomic mass is 16.5. The highest BCUT2D eigenvalue weighted by Crippen LogP contribution is 2.30. The number of furan rings is 1. The van der Waals surface area contributed by atoms with Crippen LogP contribution in [-0.4, -0.2) is 23.3 Å². The maximum absolute atomic E-state index is 13.0. The van der Waals surface area contributed by atoms with Crippen molar-refractivity contribution in [2.75, 3.05) is 6.61 Å². The zero-order valence-corrected chi connectivity index (χ0v) is 15.8. The first-order valence-electron chi connectivity index (χ1n) is 9.19. The lowest BCUT2D eigenvalue weighted by molar-refractivity contribution is -0.137. The summed E-state index contributed by atoms with van der Waals surface area (Å²) in [5.74, 6) is -0.906. The van der Waals surface area contributed by atoms with Crippen molar-refractivity contribution in [3.8, 4) is 17.3 Å². The number of nitriles is 1. The lowest BCUT2D eigenvalue weighted by Crippen LogP contribution is -2.15. The second-order valence-corrected chi connectivity index (χ2v) is 6.47. The summed E-state index contributed by atoms with van der Waals surface area (Å²) in [5.41, 5.74) is 2.50. The third-order valence-electron chi connectivity index (χ3n) is 4.55. The number of ether oxygens (including phenoxy) is 1. The van der Waals surface area contributed by atoms with Gasteiger partial charge in [-0.15, -0.1) is 0 Å². The highest BCUT2D eigenvalue weighted by molar-refractivity contribution is 6.14. The average molecular weight is 396 g/mol. The maximum Gasteiger partial charge on any atom is 0.349 e. The Bertz CT molecular complexity index is 1280. The molecule has 0 spiro atoms. The van der Waals surface area contributed by atoms with E-state index in [-0.39, 0.29) is 11.4 Å². The smallest absolute Gasteiger partial charge is 0.349 e. The molecule has 0 atom stereocenters. The zero-order valence-electron chi connectivity index (χ0n) is 15.8. The number of hydrogen-bond donors (Lipinski definition) is 1. The van der Waals surface area contributed by atoms with Gasteiger partial charge in [0.25, 0.3) is 0 Å². The molecule has 4 aromatic rings. The van der Waals surface area contributed by atoms with Crippen molar-refractivity contribution in [2.45, 2.75) is 0 Å². The Kier molecular flexibility index (Phi) is 5.27. The molecule has 30 heavy (non-hydrogen) atoms. The Morgan fingerprint density at radius 2 is 1.80 bits per heavy atom. The first kappa shape index (κ1) is 19.0. The first-order valence-corrected chi connectivity index (χ1v) is 9.19. The Balaban J connectivity index is 1.61. The normalized spacial score (nSPS) is 11.2. The Labute approximate surface area is 172 Å². The summed E-state index contributed by atoms with van der Waals surface area (Å²) in [6.07, 6.45) is 2.70. The molecular formula is C24H16N2O4. The zero-order chi connectivity index (χ0) is 20.9. The van der Waals surface area contributed by atoms with Crippen molar-refractivity contribution in [3.05, 3.63) is 89.9 Å². The summed E-state index contributed by atoms with van der Waals surface area (Å²) in [6.45, 7) is -0.488. The molecule has 0 aliphatic carbocycles. The van der Waals surface area contributed by atoms with Crippen molar-refractivity contribution in [1.29, 1.82) is 5.26 Å². The minimum atomic E-state index is -0.886. The summed E-state index contributed by atoms with van der Waals surface area (Å²) in [6, 6.07) is 21.9. The van der Waals surface area contributed by atoms with Gasteiger partial charge in [-0.25, -0.2) is 4.79 Å². The van der Waals surface area contributed by atoms with E-state index in [1.54, 1.807) is 18.2 Å². The molecule has 6 heteroatoms. The average Bonchev–Trinajstić information content (AvgIpc) is 3.43. The number of benzene rings is 2. The van der Waals surface area contributed by atoms with Crippen LogP contribution in [0.1, 0.15) is 16.1 Å². The van der Waals surface area contributed by atoms with Crippen LogP contribution >= 0.6 is 0 Å². The van der Waals surface area contributed by atoms with E-state index in [0.29, 0.717) is 17.0 Å². The van der Waals surface area contributed by atoms with Crippen molar-refractivity contribution in [3.63, 3.8) is 0 Å². The van der Waals surface area contributed by atoms with Crippen molar-refractivity contribution >= 4 is 28.7 Å². The molecule has 0 radical (unpaired) electrons. The third-order valence-corrected chi connectivity index (χ3v) is 4.55. The van der Waals surface area contributed by atoms with E-state index in [1.165, 1.54) is 12.3 Å². The van der Waals surface area contributed by atoms with Crippen LogP contribution in [-0.2, 0) is 9.53 Å². The monoisotopic (exact) mass is 396 g/mol. The molecule has 0 saturated carbocycles. The summed E-state index contributed by atoms with van der Waals surface area (Å²) >= 11 is 0. The number of nitrogens with one attached hydrogen (secondary N) is 1. The van der Waals surface area contributed by atoms with Crippen LogP contribution < -0.4 is 0 Å². The minimum Gasteiger partial charge on any atom is -0.465 e. The Hall–Kier alpha value is -4.37. The third kappa shape index (κ3) is 3.77. The number of carbonyl (C=O) groups is 2. The molecule has 0 fully saturated rings. The molecule has 1 N–H and O–H groups in total. The lowest BCUT2D eigenvalue weighted by atomic mass is 10.0. The molecule has 0 unspecified atom stereocenters. The number of esters is 1. The molecule has 4 rings (SSSR count). The number of ketones is 1. The van der Waals surface area contributed by atoms with E-state index < -0.39 is 12.6 Å².